The number of rotatable bonds is 3. The van der Waals surface area contributed by atoms with Gasteiger partial charge in [-0.2, -0.15) is 0 Å². The van der Waals surface area contributed by atoms with Crippen molar-refractivity contribution in [1.29, 1.82) is 0 Å². The maximum atomic E-state index is 13.1. The molecule has 0 saturated heterocycles. The van der Waals surface area contributed by atoms with Crippen molar-refractivity contribution in [1.82, 2.24) is 10.4 Å². The van der Waals surface area contributed by atoms with E-state index in [1.54, 1.807) is 26.8 Å². The molecule has 0 spiro atoms. The van der Waals surface area contributed by atoms with Crippen molar-refractivity contribution in [3.63, 3.8) is 0 Å². The number of fused-ring (bicyclic) bond motifs is 1. The van der Waals surface area contributed by atoms with Crippen LogP contribution in [0.25, 0.3) is 0 Å². The van der Waals surface area contributed by atoms with Gasteiger partial charge in [-0.1, -0.05) is 12.1 Å². The van der Waals surface area contributed by atoms with Crippen LogP contribution >= 0.6 is 0 Å². The number of carbonyl (C=O) groups excluding carboxylic acids is 2. The molecule has 1 atom stereocenters. The molecule has 2 aromatic rings. The molecule has 2 aromatic carbocycles. The second kappa shape index (κ2) is 7.78. The summed E-state index contributed by atoms with van der Waals surface area (Å²) >= 11 is 0. The minimum atomic E-state index is -0.771. The van der Waals surface area contributed by atoms with Crippen LogP contribution in [-0.4, -0.2) is 33.4 Å². The molecular weight excluding hydrogens is 386 g/mol. The zero-order chi connectivity index (χ0) is 22.2. The lowest BCUT2D eigenvalue weighted by molar-refractivity contribution is -0.384. The molecule has 0 bridgehead atoms. The molecule has 1 heterocycles. The average molecular weight is 411 g/mol. The maximum absolute atomic E-state index is 13.1. The molecule has 2 amide bonds. The summed E-state index contributed by atoms with van der Waals surface area (Å²) in [7, 11) is 0. The molecule has 8 nitrogen and oxygen atoms in total. The van der Waals surface area contributed by atoms with Crippen molar-refractivity contribution in [3.05, 3.63) is 68.8 Å². The van der Waals surface area contributed by atoms with E-state index in [2.05, 4.69) is 5.43 Å². The summed E-state index contributed by atoms with van der Waals surface area (Å²) in [4.78, 5) is 36.7. The Labute approximate surface area is 175 Å². The van der Waals surface area contributed by atoms with E-state index in [4.69, 9.17) is 4.74 Å². The minimum absolute atomic E-state index is 0.0542. The SMILES string of the molecule is Cc1c(C(=O)NN(C(=O)c2cccc([N+](=O)[O-])c2)C(C)(C)C)ccc2c1OC(C)C2. The van der Waals surface area contributed by atoms with Gasteiger partial charge < -0.3 is 4.74 Å². The van der Waals surface area contributed by atoms with Crippen molar-refractivity contribution < 1.29 is 19.2 Å². The number of hydrogen-bond donors (Lipinski definition) is 1. The smallest absolute Gasteiger partial charge is 0.273 e. The Balaban J connectivity index is 1.90. The van der Waals surface area contributed by atoms with Crippen molar-refractivity contribution in [2.24, 2.45) is 0 Å². The van der Waals surface area contributed by atoms with Gasteiger partial charge in [-0.15, -0.1) is 0 Å². The van der Waals surface area contributed by atoms with Crippen molar-refractivity contribution in [3.8, 4) is 5.75 Å². The van der Waals surface area contributed by atoms with E-state index in [9.17, 15) is 19.7 Å². The Morgan fingerprint density at radius 1 is 1.23 bits per heavy atom. The lowest BCUT2D eigenvalue weighted by Crippen LogP contribution is -2.56. The third-order valence-corrected chi connectivity index (χ3v) is 4.95. The molecule has 1 aliphatic rings. The first-order valence-electron chi connectivity index (χ1n) is 9.68. The summed E-state index contributed by atoms with van der Waals surface area (Å²) in [6.45, 7) is 9.09. The molecule has 8 heteroatoms. The van der Waals surface area contributed by atoms with Gasteiger partial charge in [0.25, 0.3) is 17.5 Å². The predicted octanol–water partition coefficient (Wildman–Crippen LogP) is 3.81. The lowest BCUT2D eigenvalue weighted by Gasteiger charge is -2.35. The van der Waals surface area contributed by atoms with Crippen LogP contribution in [-0.2, 0) is 6.42 Å². The zero-order valence-electron chi connectivity index (χ0n) is 17.7. The number of hydrogen-bond acceptors (Lipinski definition) is 5. The van der Waals surface area contributed by atoms with Crippen molar-refractivity contribution >= 4 is 17.5 Å². The van der Waals surface area contributed by atoms with Crippen molar-refractivity contribution in [2.75, 3.05) is 0 Å². The number of ether oxygens (including phenoxy) is 1. The number of non-ortho nitro benzene ring substituents is 1. The fourth-order valence-electron chi connectivity index (χ4n) is 3.44. The van der Waals surface area contributed by atoms with Gasteiger partial charge in [0.1, 0.15) is 11.9 Å². The molecule has 0 radical (unpaired) electrons. The Hall–Kier alpha value is -3.42. The third kappa shape index (κ3) is 4.12. The number of amides is 2. The highest BCUT2D eigenvalue weighted by atomic mass is 16.6. The quantitative estimate of drug-likeness (QED) is 0.611. The van der Waals surface area contributed by atoms with Crippen LogP contribution in [0.2, 0.25) is 0 Å². The number of nitrogens with zero attached hydrogens (tertiary/aromatic N) is 2. The molecule has 3 rings (SSSR count). The molecule has 0 fully saturated rings. The molecule has 30 heavy (non-hydrogen) atoms. The van der Waals surface area contributed by atoms with E-state index in [-0.39, 0.29) is 17.4 Å². The number of hydrazine groups is 1. The van der Waals surface area contributed by atoms with E-state index in [1.165, 1.54) is 29.3 Å². The van der Waals surface area contributed by atoms with Crippen LogP contribution < -0.4 is 10.2 Å². The largest absolute Gasteiger partial charge is 0.490 e. The van der Waals surface area contributed by atoms with Gasteiger partial charge in [0.15, 0.2) is 0 Å². The average Bonchev–Trinajstić information content (AvgIpc) is 3.06. The molecular formula is C22H25N3O5. The fourth-order valence-corrected chi connectivity index (χ4v) is 3.44. The van der Waals surface area contributed by atoms with Crippen LogP contribution in [0.15, 0.2) is 36.4 Å². The second-order valence-corrected chi connectivity index (χ2v) is 8.42. The molecule has 158 valence electrons. The molecule has 1 unspecified atom stereocenters. The first-order chi connectivity index (χ1) is 14.0. The van der Waals surface area contributed by atoms with E-state index in [1.807, 2.05) is 19.9 Å². The monoisotopic (exact) mass is 411 g/mol. The summed E-state index contributed by atoms with van der Waals surface area (Å²) in [6.07, 6.45) is 0.843. The number of nitro benzene ring substituents is 1. The Bertz CT molecular complexity index is 1030. The Kier molecular flexibility index (Phi) is 5.52. The van der Waals surface area contributed by atoms with Gasteiger partial charge in [0, 0.05) is 35.2 Å². The van der Waals surface area contributed by atoms with Crippen LogP contribution in [0.5, 0.6) is 5.75 Å². The highest BCUT2D eigenvalue weighted by Gasteiger charge is 2.31. The van der Waals surface area contributed by atoms with Gasteiger partial charge >= 0.3 is 0 Å². The summed E-state index contributed by atoms with van der Waals surface area (Å²) in [6, 6.07) is 9.02. The summed E-state index contributed by atoms with van der Waals surface area (Å²) in [5.41, 5.74) is 4.01. The first kappa shape index (κ1) is 21.3. The first-order valence-corrected chi connectivity index (χ1v) is 9.68. The zero-order valence-corrected chi connectivity index (χ0v) is 17.7. The number of benzene rings is 2. The molecule has 1 aliphatic heterocycles. The fraction of sp³-hybridized carbons (Fsp3) is 0.364. The summed E-state index contributed by atoms with van der Waals surface area (Å²) in [5.74, 6) is -0.280. The highest BCUT2D eigenvalue weighted by molar-refractivity contribution is 6.00. The second-order valence-electron chi connectivity index (χ2n) is 8.42. The molecule has 0 saturated carbocycles. The third-order valence-electron chi connectivity index (χ3n) is 4.95. The Morgan fingerprint density at radius 2 is 1.93 bits per heavy atom. The van der Waals surface area contributed by atoms with Gasteiger partial charge in [0.2, 0.25) is 0 Å². The van der Waals surface area contributed by atoms with Crippen LogP contribution in [0.4, 0.5) is 5.69 Å². The van der Waals surface area contributed by atoms with E-state index in [0.29, 0.717) is 16.9 Å². The predicted molar refractivity (Wildman–Crippen MR) is 111 cm³/mol. The highest BCUT2D eigenvalue weighted by Crippen LogP contribution is 2.34. The normalized spacial score (nSPS) is 15.2. The Morgan fingerprint density at radius 3 is 2.57 bits per heavy atom. The standard InChI is InChI=1S/C22H25N3O5/c1-13-11-15-9-10-18(14(2)19(15)30-13)20(26)23-24(22(3,4)5)21(27)16-7-6-8-17(12-16)25(28)29/h6-10,12-13H,11H2,1-5H3,(H,23,26). The van der Waals surface area contributed by atoms with Crippen molar-refractivity contribution in [2.45, 2.75) is 52.7 Å². The summed E-state index contributed by atoms with van der Waals surface area (Å²) in [5, 5.41) is 12.3. The van der Waals surface area contributed by atoms with Gasteiger partial charge in [-0.3, -0.25) is 25.1 Å². The van der Waals surface area contributed by atoms with E-state index < -0.39 is 22.3 Å². The molecule has 0 aliphatic carbocycles. The number of nitrogens with one attached hydrogen (secondary N) is 1. The van der Waals surface area contributed by atoms with Gasteiger partial charge in [0.05, 0.1) is 10.5 Å². The molecule has 0 aromatic heterocycles. The topological polar surface area (TPSA) is 102 Å². The van der Waals surface area contributed by atoms with Crippen LogP contribution in [0.3, 0.4) is 0 Å². The molecule has 1 N–H and O–H groups in total. The van der Waals surface area contributed by atoms with Crippen LogP contribution in [0, 0.1) is 17.0 Å². The van der Waals surface area contributed by atoms with Crippen LogP contribution in [0.1, 0.15) is 59.5 Å². The van der Waals surface area contributed by atoms with E-state index in [0.717, 1.165) is 12.0 Å². The van der Waals surface area contributed by atoms with Gasteiger partial charge in [-0.05, 0) is 52.3 Å². The van der Waals surface area contributed by atoms with Gasteiger partial charge in [-0.25, -0.2) is 5.01 Å². The lowest BCUT2D eigenvalue weighted by atomic mass is 10.0. The maximum Gasteiger partial charge on any atom is 0.273 e. The summed E-state index contributed by atoms with van der Waals surface area (Å²) < 4.78 is 5.83. The number of nitro groups is 1. The minimum Gasteiger partial charge on any atom is -0.490 e. The van der Waals surface area contributed by atoms with E-state index >= 15 is 0 Å². The number of carbonyl (C=O) groups is 2.